The van der Waals surface area contributed by atoms with Crippen molar-refractivity contribution >= 4 is 11.7 Å². The summed E-state index contributed by atoms with van der Waals surface area (Å²) in [4.78, 5) is 15.6. The fourth-order valence-electron chi connectivity index (χ4n) is 2.78. The first-order valence-corrected chi connectivity index (χ1v) is 9.20. The minimum absolute atomic E-state index is 0.0688. The summed E-state index contributed by atoms with van der Waals surface area (Å²) in [5.41, 5.74) is 2.05. The Morgan fingerprint density at radius 1 is 1.14 bits per heavy atom. The van der Waals surface area contributed by atoms with E-state index in [4.69, 9.17) is 0 Å². The molecule has 3 rings (SSSR count). The molecule has 2 aromatic heterocycles. The molecule has 8 heteroatoms. The standard InChI is InChI=1S/C21H21F2N5O/c1-24-21(29)15-5-2-4-14(12-15)18-7-8-20(28-27-18)26-11-9-16(22)13-19-17(23)6-3-10-25-19/h2-8,10,12,16H,9,11,13H2,1H3,(H,24,29)(H,26,28)/t16-/m0/s1. The Labute approximate surface area is 167 Å². The first kappa shape index (κ1) is 20.3. The lowest BCUT2D eigenvalue weighted by Gasteiger charge is -2.10. The number of carbonyl (C=O) groups is 1. The maximum atomic E-state index is 14.1. The number of rotatable bonds is 8. The number of halogens is 2. The number of alkyl halides is 1. The van der Waals surface area contributed by atoms with Gasteiger partial charge in [-0.05, 0) is 42.8 Å². The summed E-state index contributed by atoms with van der Waals surface area (Å²) in [6, 6.07) is 13.3. The summed E-state index contributed by atoms with van der Waals surface area (Å²) >= 11 is 0. The third-order valence-electron chi connectivity index (χ3n) is 4.33. The quantitative estimate of drug-likeness (QED) is 0.609. The van der Waals surface area contributed by atoms with Crippen molar-refractivity contribution in [3.8, 4) is 11.3 Å². The zero-order valence-corrected chi connectivity index (χ0v) is 15.9. The van der Waals surface area contributed by atoms with Gasteiger partial charge in [0.05, 0.1) is 11.4 Å². The number of aromatic nitrogens is 3. The maximum absolute atomic E-state index is 14.1. The van der Waals surface area contributed by atoms with Crippen molar-refractivity contribution in [1.29, 1.82) is 0 Å². The number of nitrogens with one attached hydrogen (secondary N) is 2. The molecule has 2 N–H and O–H groups in total. The largest absolute Gasteiger partial charge is 0.368 e. The van der Waals surface area contributed by atoms with Gasteiger partial charge >= 0.3 is 0 Å². The van der Waals surface area contributed by atoms with E-state index in [1.54, 1.807) is 37.4 Å². The van der Waals surface area contributed by atoms with Crippen LogP contribution in [0.5, 0.6) is 0 Å². The molecule has 0 radical (unpaired) electrons. The zero-order valence-electron chi connectivity index (χ0n) is 15.9. The van der Waals surface area contributed by atoms with Gasteiger partial charge in [0, 0.05) is 37.3 Å². The molecule has 29 heavy (non-hydrogen) atoms. The first-order chi connectivity index (χ1) is 14.1. The highest BCUT2D eigenvalue weighted by molar-refractivity contribution is 5.95. The van der Waals surface area contributed by atoms with E-state index in [0.717, 1.165) is 5.56 Å². The van der Waals surface area contributed by atoms with E-state index in [1.807, 2.05) is 6.07 Å². The van der Waals surface area contributed by atoms with Crippen LogP contribution in [0.4, 0.5) is 14.6 Å². The highest BCUT2D eigenvalue weighted by atomic mass is 19.1. The summed E-state index contributed by atoms with van der Waals surface area (Å²) in [7, 11) is 1.57. The van der Waals surface area contributed by atoms with Crippen molar-refractivity contribution in [1.82, 2.24) is 20.5 Å². The molecule has 150 valence electrons. The van der Waals surface area contributed by atoms with Crippen molar-refractivity contribution in [3.63, 3.8) is 0 Å². The van der Waals surface area contributed by atoms with Crippen LogP contribution >= 0.6 is 0 Å². The van der Waals surface area contributed by atoms with Gasteiger partial charge in [-0.15, -0.1) is 10.2 Å². The summed E-state index contributed by atoms with van der Waals surface area (Å²) < 4.78 is 27.6. The second-order valence-corrected chi connectivity index (χ2v) is 6.41. The lowest BCUT2D eigenvalue weighted by molar-refractivity contribution is 0.0963. The molecular formula is C21H21F2N5O. The predicted molar refractivity (Wildman–Crippen MR) is 107 cm³/mol. The van der Waals surface area contributed by atoms with Crippen LogP contribution in [-0.4, -0.2) is 40.9 Å². The van der Waals surface area contributed by atoms with Gasteiger partial charge < -0.3 is 10.6 Å². The lowest BCUT2D eigenvalue weighted by atomic mass is 10.1. The van der Waals surface area contributed by atoms with Crippen LogP contribution in [0.15, 0.2) is 54.7 Å². The Bertz CT molecular complexity index is 965. The van der Waals surface area contributed by atoms with Gasteiger partial charge in [-0.25, -0.2) is 8.78 Å². The molecule has 2 heterocycles. The van der Waals surface area contributed by atoms with Gasteiger partial charge in [0.15, 0.2) is 0 Å². The van der Waals surface area contributed by atoms with Crippen molar-refractivity contribution < 1.29 is 13.6 Å². The van der Waals surface area contributed by atoms with E-state index in [-0.39, 0.29) is 24.4 Å². The lowest BCUT2D eigenvalue weighted by Crippen LogP contribution is -2.17. The molecule has 0 spiro atoms. The number of hydrogen-bond donors (Lipinski definition) is 2. The molecule has 6 nitrogen and oxygen atoms in total. The molecule has 0 saturated heterocycles. The summed E-state index contributed by atoms with van der Waals surface area (Å²) in [6.45, 7) is 0.329. The molecule has 1 atom stereocenters. The topological polar surface area (TPSA) is 79.8 Å². The average Bonchev–Trinajstić information content (AvgIpc) is 2.75. The van der Waals surface area contributed by atoms with Crippen molar-refractivity contribution in [2.45, 2.75) is 19.0 Å². The molecule has 0 unspecified atom stereocenters. The van der Waals surface area contributed by atoms with Gasteiger partial charge in [-0.3, -0.25) is 9.78 Å². The number of benzene rings is 1. The van der Waals surface area contributed by atoms with Crippen molar-refractivity contribution in [2.24, 2.45) is 0 Å². The molecule has 3 aromatic rings. The third-order valence-corrected chi connectivity index (χ3v) is 4.33. The fraction of sp³-hybridized carbons (Fsp3) is 0.238. The van der Waals surface area contributed by atoms with Gasteiger partial charge in [0.25, 0.3) is 5.91 Å². The van der Waals surface area contributed by atoms with E-state index < -0.39 is 12.0 Å². The second kappa shape index (κ2) is 9.68. The highest BCUT2D eigenvalue weighted by Gasteiger charge is 2.12. The molecule has 0 bridgehead atoms. The molecule has 0 aliphatic heterocycles. The normalized spacial score (nSPS) is 11.7. The summed E-state index contributed by atoms with van der Waals surface area (Å²) in [6.07, 6.45) is 0.352. The Kier molecular flexibility index (Phi) is 6.78. The number of nitrogens with zero attached hydrogens (tertiary/aromatic N) is 3. The molecule has 0 aliphatic carbocycles. The molecule has 0 fully saturated rings. The monoisotopic (exact) mass is 397 g/mol. The third kappa shape index (κ3) is 5.54. The van der Waals surface area contributed by atoms with Crippen LogP contribution in [-0.2, 0) is 6.42 Å². The minimum Gasteiger partial charge on any atom is -0.368 e. The van der Waals surface area contributed by atoms with Crippen molar-refractivity contribution in [2.75, 3.05) is 18.9 Å². The molecule has 0 saturated carbocycles. The summed E-state index contributed by atoms with van der Waals surface area (Å²) in [5.74, 6) is -0.165. The fourth-order valence-corrected chi connectivity index (χ4v) is 2.78. The Hall–Kier alpha value is -3.42. The molecule has 0 aliphatic rings. The highest BCUT2D eigenvalue weighted by Crippen LogP contribution is 2.19. The van der Waals surface area contributed by atoms with Gasteiger partial charge in [-0.2, -0.15) is 0 Å². The Morgan fingerprint density at radius 2 is 2.00 bits per heavy atom. The van der Waals surface area contributed by atoms with Crippen molar-refractivity contribution in [3.05, 3.63) is 71.8 Å². The van der Waals surface area contributed by atoms with Crippen LogP contribution in [0, 0.1) is 5.82 Å². The minimum atomic E-state index is -1.22. The van der Waals surface area contributed by atoms with Gasteiger partial charge in [-0.1, -0.05) is 12.1 Å². The zero-order chi connectivity index (χ0) is 20.6. The number of pyridine rings is 1. The Morgan fingerprint density at radius 3 is 2.72 bits per heavy atom. The predicted octanol–water partition coefficient (Wildman–Crippen LogP) is 3.42. The Balaban J connectivity index is 1.53. The van der Waals surface area contributed by atoms with Gasteiger partial charge in [0.2, 0.25) is 0 Å². The average molecular weight is 397 g/mol. The maximum Gasteiger partial charge on any atom is 0.251 e. The van der Waals surface area contributed by atoms with Crippen LogP contribution in [0.25, 0.3) is 11.3 Å². The smallest absolute Gasteiger partial charge is 0.251 e. The number of hydrogen-bond acceptors (Lipinski definition) is 5. The summed E-state index contributed by atoms with van der Waals surface area (Å²) in [5, 5.41) is 13.8. The SMILES string of the molecule is CNC(=O)c1cccc(-c2ccc(NCC[C@H](F)Cc3ncccc3F)nn2)c1. The molecular weight excluding hydrogens is 376 g/mol. The first-order valence-electron chi connectivity index (χ1n) is 9.20. The molecule has 1 amide bonds. The van der Waals surface area contributed by atoms with E-state index in [9.17, 15) is 13.6 Å². The second-order valence-electron chi connectivity index (χ2n) is 6.41. The van der Waals surface area contributed by atoms with Crippen LogP contribution in [0.2, 0.25) is 0 Å². The number of anilines is 1. The number of carbonyl (C=O) groups excluding carboxylic acids is 1. The van der Waals surface area contributed by atoms with Crippen LogP contribution in [0.3, 0.4) is 0 Å². The molecule has 1 aromatic carbocycles. The van der Waals surface area contributed by atoms with E-state index in [0.29, 0.717) is 23.6 Å². The van der Waals surface area contributed by atoms with E-state index in [1.165, 1.54) is 18.3 Å². The number of amides is 1. The van der Waals surface area contributed by atoms with Crippen LogP contribution in [0.1, 0.15) is 22.5 Å². The van der Waals surface area contributed by atoms with Gasteiger partial charge in [0.1, 0.15) is 17.8 Å². The van der Waals surface area contributed by atoms with Crippen LogP contribution < -0.4 is 10.6 Å². The van der Waals surface area contributed by atoms with E-state index in [2.05, 4.69) is 25.8 Å². The van der Waals surface area contributed by atoms with E-state index >= 15 is 0 Å².